The monoisotopic (exact) mass is 258 g/mol. The Morgan fingerprint density at radius 1 is 0.700 bits per heavy atom. The molecule has 0 spiro atoms. The van der Waals surface area contributed by atoms with Crippen molar-refractivity contribution in [3.05, 3.63) is 0 Å². The summed E-state index contributed by atoms with van der Waals surface area (Å²) in [6, 6.07) is 0. The minimum absolute atomic E-state index is 1.19. The molecule has 0 aliphatic heterocycles. The molecule has 0 atom stereocenters. The van der Waals surface area contributed by atoms with Gasteiger partial charge in [0.1, 0.15) is 0 Å². The molecule has 0 amide bonds. The molecule has 10 heavy (non-hydrogen) atoms. The van der Waals surface area contributed by atoms with Crippen LogP contribution < -0.4 is 0 Å². The number of hydrogen-bond acceptors (Lipinski definition) is 0. The maximum atomic E-state index is 5.18. The first kappa shape index (κ1) is 17.6. The summed E-state index contributed by atoms with van der Waals surface area (Å²) >= 11 is 20.7. The summed E-state index contributed by atoms with van der Waals surface area (Å²) in [5.41, 5.74) is 0. The number of halogens is 4. The van der Waals surface area contributed by atoms with Crippen LogP contribution in [0, 0.1) is 0 Å². The molecule has 0 aliphatic rings. The molecule has 6 heteroatoms. The van der Waals surface area contributed by atoms with Crippen LogP contribution in [0.3, 0.4) is 0 Å². The molecular formula is C4H14Cl4Si2. The van der Waals surface area contributed by atoms with Crippen LogP contribution in [0.15, 0.2) is 0 Å². The zero-order chi connectivity index (χ0) is 9.15. The first-order chi connectivity index (χ1) is 4.46. The van der Waals surface area contributed by atoms with E-state index >= 15 is 0 Å². The standard InChI is InChI=1S/C2H6.2CH4Cl2Si/c1-2;2*1-4(2)3/h1-2H3;2*4H,1H3. The number of hydrogen-bond donors (Lipinski definition) is 0. The summed E-state index contributed by atoms with van der Waals surface area (Å²) in [5.74, 6) is 0. The second-order valence-electron chi connectivity index (χ2n) is 1.04. The molecule has 0 fully saturated rings. The smallest absolute Gasteiger partial charge is 0.151 e. The Bertz CT molecular complexity index is 30.7. The fraction of sp³-hybridized carbons (Fsp3) is 1.00. The lowest BCUT2D eigenvalue weighted by Crippen LogP contribution is -1.72. The van der Waals surface area contributed by atoms with Crippen LogP contribution in [-0.4, -0.2) is 14.8 Å². The molecule has 0 aromatic rings. The highest BCUT2D eigenvalue weighted by Crippen LogP contribution is 1.89. The Kier molecular flexibility index (Phi) is 29.8. The van der Waals surface area contributed by atoms with Gasteiger partial charge in [-0.05, 0) is 13.1 Å². The maximum absolute atomic E-state index is 5.18. The van der Waals surface area contributed by atoms with Gasteiger partial charge in [-0.15, -0.1) is 0 Å². The van der Waals surface area contributed by atoms with Crippen molar-refractivity contribution in [2.75, 3.05) is 0 Å². The van der Waals surface area contributed by atoms with Crippen molar-refractivity contribution in [1.29, 1.82) is 0 Å². The van der Waals surface area contributed by atoms with Crippen molar-refractivity contribution in [2.45, 2.75) is 26.9 Å². The SMILES string of the molecule is CC.C[SiH](Cl)Cl.C[SiH](Cl)Cl. The topological polar surface area (TPSA) is 0 Å². The molecule has 0 nitrogen and oxygen atoms in total. The van der Waals surface area contributed by atoms with E-state index < -0.39 is 14.8 Å². The second kappa shape index (κ2) is 16.9. The highest BCUT2D eigenvalue weighted by Gasteiger charge is 1.81. The Hall–Kier alpha value is 1.59. The molecule has 0 aromatic heterocycles. The van der Waals surface area contributed by atoms with Gasteiger partial charge in [-0.2, -0.15) is 44.3 Å². The van der Waals surface area contributed by atoms with Crippen LogP contribution in [0.2, 0.25) is 13.1 Å². The third-order valence-electron chi connectivity index (χ3n) is 0. The predicted molar refractivity (Wildman–Crippen MR) is 60.8 cm³/mol. The van der Waals surface area contributed by atoms with E-state index in [2.05, 4.69) is 0 Å². The molecule has 0 aliphatic carbocycles. The van der Waals surface area contributed by atoms with Crippen molar-refractivity contribution >= 4 is 59.1 Å². The molecule has 0 saturated carbocycles. The zero-order valence-corrected chi connectivity index (χ0v) is 12.0. The van der Waals surface area contributed by atoms with E-state index in [0.29, 0.717) is 0 Å². The van der Waals surface area contributed by atoms with E-state index in [1.54, 1.807) is 0 Å². The van der Waals surface area contributed by atoms with Gasteiger partial charge in [0.15, 0.2) is 0 Å². The van der Waals surface area contributed by atoms with Gasteiger partial charge >= 0.3 is 0 Å². The van der Waals surface area contributed by atoms with Gasteiger partial charge < -0.3 is 0 Å². The highest BCUT2D eigenvalue weighted by molar-refractivity contribution is 7.33. The van der Waals surface area contributed by atoms with E-state index in [0.717, 1.165) is 0 Å². The Labute approximate surface area is 85.8 Å². The van der Waals surface area contributed by atoms with Crippen LogP contribution in [0.25, 0.3) is 0 Å². The van der Waals surface area contributed by atoms with E-state index in [4.69, 9.17) is 44.3 Å². The molecule has 0 aromatic carbocycles. The third-order valence-corrected chi connectivity index (χ3v) is 0. The average molecular weight is 260 g/mol. The van der Waals surface area contributed by atoms with Crippen molar-refractivity contribution in [1.82, 2.24) is 0 Å². The van der Waals surface area contributed by atoms with E-state index in [1.807, 2.05) is 26.9 Å². The van der Waals surface area contributed by atoms with E-state index in [-0.39, 0.29) is 0 Å². The molecule has 0 bridgehead atoms. The van der Waals surface area contributed by atoms with E-state index in [9.17, 15) is 0 Å². The largest absolute Gasteiger partial charge is 0.234 e. The van der Waals surface area contributed by atoms with Crippen molar-refractivity contribution in [3.63, 3.8) is 0 Å². The van der Waals surface area contributed by atoms with Gasteiger partial charge in [0, 0.05) is 0 Å². The highest BCUT2D eigenvalue weighted by atomic mass is 35.7. The molecule has 66 valence electrons. The second-order valence-corrected chi connectivity index (χ2v) is 12.3. The average Bonchev–Trinajstić information content (AvgIpc) is 1.66. The maximum Gasteiger partial charge on any atom is 0.234 e. The lowest BCUT2D eigenvalue weighted by Gasteiger charge is -1.68. The lowest BCUT2D eigenvalue weighted by molar-refractivity contribution is 1.50. The summed E-state index contributed by atoms with van der Waals surface area (Å²) in [7, 11) is -2.39. The van der Waals surface area contributed by atoms with E-state index in [1.165, 1.54) is 0 Å². The summed E-state index contributed by atoms with van der Waals surface area (Å²) in [5, 5.41) is 0. The minimum atomic E-state index is -1.19. The van der Waals surface area contributed by atoms with Crippen LogP contribution >= 0.6 is 44.3 Å². The van der Waals surface area contributed by atoms with Crippen LogP contribution in [0.5, 0.6) is 0 Å². The number of rotatable bonds is 0. The van der Waals surface area contributed by atoms with Crippen molar-refractivity contribution in [2.24, 2.45) is 0 Å². The van der Waals surface area contributed by atoms with Gasteiger partial charge in [-0.25, -0.2) is 0 Å². The normalized spacial score (nSPS) is 7.80. The predicted octanol–water partition coefficient (Wildman–Crippen LogP) is 3.65. The summed E-state index contributed by atoms with van der Waals surface area (Å²) in [6.45, 7) is 7.67. The zero-order valence-electron chi connectivity index (χ0n) is 6.67. The van der Waals surface area contributed by atoms with Crippen LogP contribution in [0.1, 0.15) is 13.8 Å². The van der Waals surface area contributed by atoms with Gasteiger partial charge in [-0.1, -0.05) is 13.8 Å². The van der Waals surface area contributed by atoms with Crippen LogP contribution in [-0.2, 0) is 0 Å². The first-order valence-corrected chi connectivity index (χ1v) is 12.3. The first-order valence-electron chi connectivity index (χ1n) is 3.03. The lowest BCUT2D eigenvalue weighted by atomic mass is 11.0. The fourth-order valence-corrected chi connectivity index (χ4v) is 0. The molecule has 0 radical (unpaired) electrons. The van der Waals surface area contributed by atoms with Crippen molar-refractivity contribution < 1.29 is 0 Å². The fourth-order valence-electron chi connectivity index (χ4n) is 0. The third kappa shape index (κ3) is 279. The molecule has 0 rings (SSSR count). The molecule has 0 unspecified atom stereocenters. The van der Waals surface area contributed by atoms with Crippen molar-refractivity contribution in [3.8, 4) is 0 Å². The molecular weight excluding hydrogens is 246 g/mol. The Morgan fingerprint density at radius 3 is 0.700 bits per heavy atom. The Balaban J connectivity index is -0.0000000787. The van der Waals surface area contributed by atoms with Gasteiger partial charge in [0.25, 0.3) is 0 Å². The molecule has 0 saturated heterocycles. The Morgan fingerprint density at radius 2 is 0.700 bits per heavy atom. The quantitative estimate of drug-likeness (QED) is 0.460. The summed E-state index contributed by atoms with van der Waals surface area (Å²) in [6.07, 6.45) is 0. The van der Waals surface area contributed by atoms with Gasteiger partial charge in [0.05, 0.1) is 0 Å². The summed E-state index contributed by atoms with van der Waals surface area (Å²) in [4.78, 5) is 0. The summed E-state index contributed by atoms with van der Waals surface area (Å²) < 4.78 is 0. The minimum Gasteiger partial charge on any atom is -0.151 e. The molecule has 0 N–H and O–H groups in total. The van der Waals surface area contributed by atoms with Crippen LogP contribution in [0.4, 0.5) is 0 Å². The van der Waals surface area contributed by atoms with Gasteiger partial charge in [-0.3, -0.25) is 0 Å². The van der Waals surface area contributed by atoms with Gasteiger partial charge in [0.2, 0.25) is 14.8 Å². The molecule has 0 heterocycles.